The zero-order valence-corrected chi connectivity index (χ0v) is 45.6. The minimum absolute atomic E-state index is 0.157. The molecular weight excluding hydrogens is 1230 g/mol. The molecule has 0 bridgehead atoms. The zero-order chi connectivity index (χ0) is 52.1. The van der Waals surface area contributed by atoms with Gasteiger partial charge in [0.25, 0.3) is 0 Å². The minimum atomic E-state index is -1.00. The van der Waals surface area contributed by atoms with E-state index >= 15 is 4.39 Å². The number of aliphatic hydroxyl groups excluding tert-OH is 2. The molecule has 2 saturated carbocycles. The van der Waals surface area contributed by atoms with Crippen molar-refractivity contribution in [2.24, 2.45) is 0 Å². The summed E-state index contributed by atoms with van der Waals surface area (Å²) in [6, 6.07) is 18.8. The molecule has 2 fully saturated rings. The normalized spacial score (nSPS) is 13.2. The van der Waals surface area contributed by atoms with E-state index in [2.05, 4.69) is 50.1 Å². The second-order valence-corrected chi connectivity index (χ2v) is 17.1. The first-order valence-corrected chi connectivity index (χ1v) is 29.2. The van der Waals surface area contributed by atoms with Gasteiger partial charge >= 0.3 is 23.9 Å². The Labute approximate surface area is 448 Å². The van der Waals surface area contributed by atoms with Crippen LogP contribution in [-0.4, -0.2) is 78.0 Å². The molecule has 69 heavy (non-hydrogen) atoms. The fraction of sp³-hybridized carbons (Fsp3) is 0.367. The van der Waals surface area contributed by atoms with E-state index in [0.29, 0.717) is 85.6 Å². The first kappa shape index (κ1) is 61.8. The number of esters is 4. The van der Waals surface area contributed by atoms with E-state index in [1.54, 1.807) is 81.4 Å². The van der Waals surface area contributed by atoms with Crippen LogP contribution < -0.4 is 0 Å². The molecule has 4 aromatic carbocycles. The summed E-state index contributed by atoms with van der Waals surface area (Å²) in [6.45, 7) is 3.57. The molecule has 0 atom stereocenters. The molecular formula is C49H49Cl5F2I2O11. The summed E-state index contributed by atoms with van der Waals surface area (Å²) in [4.78, 5) is 58.1. The third kappa shape index (κ3) is 18.0. The van der Waals surface area contributed by atoms with Crippen molar-refractivity contribution in [3.05, 3.63) is 116 Å². The highest BCUT2D eigenvalue weighted by Gasteiger charge is 2.54. The number of hydrogen-bond acceptors (Lipinski definition) is 11. The number of rotatable bonds is 17. The monoisotopic (exact) mass is 1280 g/mol. The number of benzene rings is 4. The fourth-order valence-corrected chi connectivity index (χ4v) is 6.84. The SMILES string of the molecule is C#C.CCC(=O)Cl.CCC(=O)OCC(COC(=O)CC)OC(=O)C1(c2ccc(-c3ccc(Cl)c(Cl)c3)c(F)c2)CC1.II.O=C(OC(CO)CO)C1(c2ccc(-c3ccc(Cl)c(Cl)c3)c(F)c2)CC1. The number of ether oxygens (including phenoxy) is 4. The average Bonchev–Trinajstić information content (AvgIpc) is 4.31. The lowest BCUT2D eigenvalue weighted by Crippen LogP contribution is -2.35. The minimum Gasteiger partial charge on any atom is -0.462 e. The number of carbonyl (C=O) groups is 5. The molecule has 11 nitrogen and oxygen atoms in total. The van der Waals surface area contributed by atoms with Crippen LogP contribution in [0.4, 0.5) is 8.78 Å². The molecule has 2 aliphatic rings. The topological polar surface area (TPSA) is 163 Å². The van der Waals surface area contributed by atoms with E-state index in [4.69, 9.17) is 87.2 Å². The van der Waals surface area contributed by atoms with E-state index in [-0.39, 0.29) is 31.3 Å². The van der Waals surface area contributed by atoms with Crippen molar-refractivity contribution in [1.29, 1.82) is 0 Å². The zero-order valence-electron chi connectivity index (χ0n) is 37.5. The summed E-state index contributed by atoms with van der Waals surface area (Å²) < 4.78 is 50.5. The van der Waals surface area contributed by atoms with Crippen molar-refractivity contribution < 1.29 is 61.9 Å². The summed E-state index contributed by atoms with van der Waals surface area (Å²) in [5, 5.41) is 19.2. The van der Waals surface area contributed by atoms with Gasteiger partial charge in [-0.05, 0) is 95.9 Å². The Balaban J connectivity index is 0.000000413. The fourth-order valence-electron chi connectivity index (χ4n) is 6.25. The van der Waals surface area contributed by atoms with E-state index < -0.39 is 71.8 Å². The van der Waals surface area contributed by atoms with Gasteiger partial charge in [0.2, 0.25) is 5.24 Å². The second kappa shape index (κ2) is 30.5. The molecule has 0 saturated heterocycles. The Morgan fingerprint density at radius 3 is 1.22 bits per heavy atom. The van der Waals surface area contributed by atoms with E-state index in [9.17, 15) is 28.4 Å². The summed E-state index contributed by atoms with van der Waals surface area (Å²) >= 11 is 32.9. The van der Waals surface area contributed by atoms with Gasteiger partial charge in [-0.3, -0.25) is 24.0 Å². The maximum atomic E-state index is 15.0. The van der Waals surface area contributed by atoms with E-state index in [1.165, 1.54) is 12.1 Å². The van der Waals surface area contributed by atoms with Crippen LogP contribution in [0.3, 0.4) is 0 Å². The maximum absolute atomic E-state index is 15.0. The predicted octanol–water partition coefficient (Wildman–Crippen LogP) is 12.6. The van der Waals surface area contributed by atoms with Crippen LogP contribution in [0, 0.1) is 24.5 Å². The summed E-state index contributed by atoms with van der Waals surface area (Å²) in [5.41, 5.74) is 0.880. The Morgan fingerprint density at radius 1 is 0.594 bits per heavy atom. The highest BCUT2D eigenvalue weighted by atomic mass is 128. The van der Waals surface area contributed by atoms with Crippen molar-refractivity contribution in [2.75, 3.05) is 26.4 Å². The van der Waals surface area contributed by atoms with Crippen LogP contribution in [0.5, 0.6) is 0 Å². The van der Waals surface area contributed by atoms with Crippen molar-refractivity contribution >= 4 is 124 Å². The van der Waals surface area contributed by atoms with Gasteiger partial charge in [0, 0.05) is 67.6 Å². The molecule has 4 aromatic rings. The Morgan fingerprint density at radius 2 is 0.942 bits per heavy atom. The molecule has 0 amide bonds. The van der Waals surface area contributed by atoms with Gasteiger partial charge in [-0.15, -0.1) is 12.8 Å². The molecule has 0 aliphatic heterocycles. The summed E-state index contributed by atoms with van der Waals surface area (Å²) in [7, 11) is 0. The van der Waals surface area contributed by atoms with Gasteiger partial charge in [-0.25, -0.2) is 8.78 Å². The maximum Gasteiger partial charge on any atom is 0.317 e. The molecule has 20 heteroatoms. The van der Waals surface area contributed by atoms with Gasteiger partial charge in [0.05, 0.1) is 44.1 Å². The van der Waals surface area contributed by atoms with Crippen LogP contribution in [-0.2, 0) is 53.8 Å². The number of hydrogen-bond donors (Lipinski definition) is 2. The molecule has 0 spiro atoms. The predicted molar refractivity (Wildman–Crippen MR) is 281 cm³/mol. The molecule has 0 heterocycles. The average molecular weight is 1280 g/mol. The van der Waals surface area contributed by atoms with Crippen LogP contribution in [0.25, 0.3) is 22.3 Å². The number of aliphatic hydroxyl groups is 2. The number of terminal acetylenes is 1. The molecule has 0 aromatic heterocycles. The molecule has 6 rings (SSSR count). The molecule has 0 unspecified atom stereocenters. The van der Waals surface area contributed by atoms with Gasteiger partial charge < -0.3 is 29.2 Å². The highest BCUT2D eigenvalue weighted by molar-refractivity contribution is 15.0. The van der Waals surface area contributed by atoms with Gasteiger partial charge in [0.1, 0.15) is 31.0 Å². The van der Waals surface area contributed by atoms with E-state index in [1.807, 2.05) is 0 Å². The molecule has 2 aliphatic carbocycles. The quantitative estimate of drug-likeness (QED) is 0.0340. The van der Waals surface area contributed by atoms with Crippen molar-refractivity contribution in [1.82, 2.24) is 0 Å². The first-order chi connectivity index (χ1) is 32.9. The summed E-state index contributed by atoms with van der Waals surface area (Å²) in [6.07, 6.45) is 8.83. The Kier molecular flexibility index (Phi) is 27.3. The van der Waals surface area contributed by atoms with E-state index in [0.717, 1.165) is 0 Å². The van der Waals surface area contributed by atoms with Gasteiger partial charge in [0.15, 0.2) is 6.10 Å². The third-order valence-corrected chi connectivity index (χ3v) is 12.2. The lowest BCUT2D eigenvalue weighted by atomic mass is 9.93. The standard InChI is InChI=1S/C25H25Cl2FO6.C19H17Cl2FO4.C3H5ClO.C2H2.I2/c1-3-22(29)32-13-17(14-33-23(30)4-2)34-24(31)25(9-10-25)16-6-7-18(21(28)12-16)15-5-8-19(26)20(27)11-15;20-15-4-1-11(7-16(15)21)14-3-2-12(8-17(14)22)19(5-6-19)18(25)26-13(9-23)10-24;1-2-3(4)5;2*1-2/h5-8,11-12,17H,3-4,9-10,13-14H2,1-2H3;1-4,7-8,13,23-24H,5-6,9-10H2;2H2,1H3;1-2H;. The Hall–Kier alpha value is -3.32. The molecule has 0 radical (unpaired) electrons. The smallest absolute Gasteiger partial charge is 0.317 e. The van der Waals surface area contributed by atoms with Crippen LogP contribution in [0.1, 0.15) is 76.8 Å². The van der Waals surface area contributed by atoms with Gasteiger partial charge in [-0.2, -0.15) is 0 Å². The molecule has 374 valence electrons. The van der Waals surface area contributed by atoms with Crippen LogP contribution in [0.15, 0.2) is 72.8 Å². The first-order valence-electron chi connectivity index (χ1n) is 21.0. The van der Waals surface area contributed by atoms with Gasteiger partial charge in [-0.1, -0.05) is 104 Å². The summed E-state index contributed by atoms with van der Waals surface area (Å²) in [5.74, 6) is -3.08. The van der Waals surface area contributed by atoms with Crippen molar-refractivity contribution in [2.45, 2.75) is 88.8 Å². The van der Waals surface area contributed by atoms with Crippen LogP contribution in [0.2, 0.25) is 20.1 Å². The largest absolute Gasteiger partial charge is 0.462 e. The third-order valence-electron chi connectivity index (χ3n) is 10.5. The van der Waals surface area contributed by atoms with Crippen molar-refractivity contribution in [3.8, 4) is 35.1 Å². The number of halogens is 9. The van der Waals surface area contributed by atoms with Crippen molar-refractivity contribution in [3.63, 3.8) is 0 Å². The lowest BCUT2D eigenvalue weighted by molar-refractivity contribution is -0.168. The highest BCUT2D eigenvalue weighted by Crippen LogP contribution is 2.51. The Bertz CT molecular complexity index is 2390. The molecule has 2 N–H and O–H groups in total. The van der Waals surface area contributed by atoms with Crippen LogP contribution >= 0.6 is 95.2 Å². The second-order valence-electron chi connectivity index (χ2n) is 15.0. The lowest BCUT2D eigenvalue weighted by Gasteiger charge is -2.22. The number of carbonyl (C=O) groups excluding carboxylic acids is 5.